The Balaban J connectivity index is 1.37. The molecule has 1 aliphatic heterocycles. The minimum atomic E-state index is 0.366. The normalized spacial score (nSPS) is 18.0. The molecule has 0 radical (unpaired) electrons. The Morgan fingerprint density at radius 3 is 2.87 bits per heavy atom. The van der Waals surface area contributed by atoms with Crippen LogP contribution in [-0.4, -0.2) is 46.3 Å². The number of nitrogens with one attached hydrogen (secondary N) is 1. The molecule has 30 heavy (non-hydrogen) atoms. The number of imidazole rings is 1. The van der Waals surface area contributed by atoms with Crippen LogP contribution in [0.15, 0.2) is 36.9 Å². The van der Waals surface area contributed by atoms with E-state index in [0.717, 1.165) is 46.7 Å². The molecule has 3 heterocycles. The molecule has 0 bridgehead atoms. The molecule has 1 aliphatic carbocycles. The van der Waals surface area contributed by atoms with Crippen molar-refractivity contribution in [2.75, 3.05) is 31.0 Å². The van der Waals surface area contributed by atoms with E-state index in [9.17, 15) is 0 Å². The molecule has 0 spiro atoms. The first kappa shape index (κ1) is 18.7. The van der Waals surface area contributed by atoms with Gasteiger partial charge in [-0.2, -0.15) is 4.98 Å². The lowest BCUT2D eigenvalue weighted by molar-refractivity contribution is 0.252. The number of aryl methyl sites for hydroxylation is 1. The highest BCUT2D eigenvalue weighted by Crippen LogP contribution is 2.39. The van der Waals surface area contributed by atoms with E-state index in [0.29, 0.717) is 18.6 Å². The molecule has 8 nitrogen and oxygen atoms in total. The first-order valence-corrected chi connectivity index (χ1v) is 10.3. The molecule has 2 aromatic heterocycles. The number of anilines is 3. The third-order valence-corrected chi connectivity index (χ3v) is 5.78. The molecular formula is C22H26N6O2. The number of nitrogens with zero attached hydrogens (tertiary/aromatic N) is 5. The number of methoxy groups -OCH3 is 1. The summed E-state index contributed by atoms with van der Waals surface area (Å²) in [6, 6.07) is 6.27. The molecule has 0 amide bonds. The van der Waals surface area contributed by atoms with Crippen molar-refractivity contribution >= 4 is 17.5 Å². The third kappa shape index (κ3) is 3.65. The van der Waals surface area contributed by atoms with Gasteiger partial charge in [-0.25, -0.2) is 9.97 Å². The molecule has 2 aliphatic rings. The summed E-state index contributed by atoms with van der Waals surface area (Å²) in [7, 11) is 3.75. The summed E-state index contributed by atoms with van der Waals surface area (Å²) >= 11 is 0. The summed E-state index contributed by atoms with van der Waals surface area (Å²) in [5.74, 6) is 3.68. The largest absolute Gasteiger partial charge is 0.494 e. The molecule has 1 saturated carbocycles. The van der Waals surface area contributed by atoms with Crippen LogP contribution in [0.1, 0.15) is 25.0 Å². The Kier molecular flexibility index (Phi) is 4.69. The highest BCUT2D eigenvalue weighted by Gasteiger charge is 2.32. The van der Waals surface area contributed by atoms with Gasteiger partial charge in [0.2, 0.25) is 5.95 Å². The van der Waals surface area contributed by atoms with E-state index in [1.54, 1.807) is 19.6 Å². The van der Waals surface area contributed by atoms with Gasteiger partial charge in [0.15, 0.2) is 11.6 Å². The highest BCUT2D eigenvalue weighted by atomic mass is 16.5. The standard InChI is InChI=1S/C22H26N6O2/c1-14-11-28(13-24-14)18-7-6-16(9-19(18)29-3)25-22-23-10-20-21(26-22)27(2)17(12-30-20)8-15-4-5-15/h6-7,9-11,13,15,17H,4-5,8,12H2,1-3H3,(H,23,25,26)/t17-/m0/s1. The average Bonchev–Trinajstić information content (AvgIpc) is 3.48. The minimum Gasteiger partial charge on any atom is -0.494 e. The van der Waals surface area contributed by atoms with Crippen molar-refractivity contribution < 1.29 is 9.47 Å². The first-order chi connectivity index (χ1) is 14.6. The van der Waals surface area contributed by atoms with Crippen LogP contribution < -0.4 is 19.7 Å². The van der Waals surface area contributed by atoms with E-state index in [1.165, 1.54) is 12.8 Å². The molecule has 8 heteroatoms. The van der Waals surface area contributed by atoms with E-state index in [1.807, 2.05) is 35.9 Å². The van der Waals surface area contributed by atoms with Gasteiger partial charge >= 0.3 is 0 Å². The molecule has 5 rings (SSSR count). The predicted molar refractivity (Wildman–Crippen MR) is 115 cm³/mol. The second-order valence-electron chi connectivity index (χ2n) is 8.07. The van der Waals surface area contributed by atoms with Gasteiger partial charge in [-0.1, -0.05) is 12.8 Å². The summed E-state index contributed by atoms with van der Waals surface area (Å²) in [6.45, 7) is 2.66. The number of hydrogen-bond donors (Lipinski definition) is 1. The number of fused-ring (bicyclic) bond motifs is 1. The van der Waals surface area contributed by atoms with E-state index in [2.05, 4.69) is 27.2 Å². The van der Waals surface area contributed by atoms with E-state index < -0.39 is 0 Å². The zero-order chi connectivity index (χ0) is 20.7. The summed E-state index contributed by atoms with van der Waals surface area (Å²) in [6.07, 6.45) is 9.32. The fraction of sp³-hybridized carbons (Fsp3) is 0.409. The van der Waals surface area contributed by atoms with Gasteiger partial charge in [0.1, 0.15) is 12.4 Å². The minimum absolute atomic E-state index is 0.366. The van der Waals surface area contributed by atoms with Crippen LogP contribution in [0, 0.1) is 12.8 Å². The van der Waals surface area contributed by atoms with Crippen LogP contribution in [0.3, 0.4) is 0 Å². The molecular weight excluding hydrogens is 380 g/mol. The number of likely N-dealkylation sites (N-methyl/N-ethyl adjacent to an activating group) is 1. The topological polar surface area (TPSA) is 77.3 Å². The SMILES string of the molecule is COc1cc(Nc2ncc3c(n2)N(C)[C@@H](CC2CC2)CO3)ccc1-n1cnc(C)c1. The van der Waals surface area contributed by atoms with Crippen LogP contribution in [0.5, 0.6) is 11.5 Å². The Hall–Kier alpha value is -3.29. The maximum Gasteiger partial charge on any atom is 0.229 e. The Morgan fingerprint density at radius 1 is 1.27 bits per heavy atom. The predicted octanol–water partition coefficient (Wildman–Crippen LogP) is 3.72. The highest BCUT2D eigenvalue weighted by molar-refractivity contribution is 5.64. The maximum absolute atomic E-state index is 5.92. The lowest BCUT2D eigenvalue weighted by atomic mass is 10.1. The monoisotopic (exact) mass is 406 g/mol. The van der Waals surface area contributed by atoms with Gasteiger partial charge in [-0.15, -0.1) is 0 Å². The number of ether oxygens (including phenoxy) is 2. The number of benzene rings is 1. The van der Waals surface area contributed by atoms with Gasteiger partial charge < -0.3 is 24.3 Å². The lowest BCUT2D eigenvalue weighted by Crippen LogP contribution is -2.41. The van der Waals surface area contributed by atoms with Crippen molar-refractivity contribution in [3.8, 4) is 17.2 Å². The van der Waals surface area contributed by atoms with Crippen molar-refractivity contribution in [3.05, 3.63) is 42.6 Å². The average molecular weight is 406 g/mol. The second-order valence-corrected chi connectivity index (χ2v) is 8.07. The van der Waals surface area contributed by atoms with Gasteiger partial charge in [0.25, 0.3) is 0 Å². The Labute approximate surface area is 175 Å². The summed E-state index contributed by atoms with van der Waals surface area (Å²) in [4.78, 5) is 15.7. The van der Waals surface area contributed by atoms with E-state index in [-0.39, 0.29) is 0 Å². The Morgan fingerprint density at radius 2 is 2.13 bits per heavy atom. The van der Waals surface area contributed by atoms with Crippen LogP contribution in [0.25, 0.3) is 5.69 Å². The molecule has 0 unspecified atom stereocenters. The van der Waals surface area contributed by atoms with Crippen LogP contribution >= 0.6 is 0 Å². The molecule has 3 aromatic rings. The zero-order valence-corrected chi connectivity index (χ0v) is 17.5. The maximum atomic E-state index is 5.92. The lowest BCUT2D eigenvalue weighted by Gasteiger charge is -2.34. The number of aromatic nitrogens is 4. The molecule has 0 saturated heterocycles. The van der Waals surface area contributed by atoms with Crippen molar-refractivity contribution in [2.45, 2.75) is 32.2 Å². The smallest absolute Gasteiger partial charge is 0.229 e. The van der Waals surface area contributed by atoms with Gasteiger partial charge in [-0.3, -0.25) is 0 Å². The first-order valence-electron chi connectivity index (χ1n) is 10.3. The van der Waals surface area contributed by atoms with E-state index in [4.69, 9.17) is 14.5 Å². The van der Waals surface area contributed by atoms with Crippen LogP contribution in [-0.2, 0) is 0 Å². The van der Waals surface area contributed by atoms with Crippen molar-refractivity contribution in [2.24, 2.45) is 5.92 Å². The van der Waals surface area contributed by atoms with Crippen molar-refractivity contribution in [3.63, 3.8) is 0 Å². The number of rotatable bonds is 6. The molecule has 1 fully saturated rings. The third-order valence-electron chi connectivity index (χ3n) is 5.78. The van der Waals surface area contributed by atoms with Crippen LogP contribution in [0.4, 0.5) is 17.5 Å². The van der Waals surface area contributed by atoms with E-state index >= 15 is 0 Å². The van der Waals surface area contributed by atoms with Gasteiger partial charge in [0.05, 0.1) is 37.1 Å². The molecule has 1 atom stereocenters. The zero-order valence-electron chi connectivity index (χ0n) is 17.5. The van der Waals surface area contributed by atoms with Crippen LogP contribution in [0.2, 0.25) is 0 Å². The quantitative estimate of drug-likeness (QED) is 0.668. The summed E-state index contributed by atoms with van der Waals surface area (Å²) in [5.41, 5.74) is 2.72. The summed E-state index contributed by atoms with van der Waals surface area (Å²) < 4.78 is 13.5. The number of hydrogen-bond acceptors (Lipinski definition) is 7. The molecule has 1 aromatic carbocycles. The Bertz CT molecular complexity index is 1060. The van der Waals surface area contributed by atoms with Gasteiger partial charge in [0, 0.05) is 25.0 Å². The van der Waals surface area contributed by atoms with Gasteiger partial charge in [-0.05, 0) is 31.4 Å². The fourth-order valence-corrected chi connectivity index (χ4v) is 3.86. The second kappa shape index (κ2) is 7.51. The molecule has 156 valence electrons. The summed E-state index contributed by atoms with van der Waals surface area (Å²) in [5, 5.41) is 3.29. The molecule has 1 N–H and O–H groups in total. The van der Waals surface area contributed by atoms with Crippen molar-refractivity contribution in [1.82, 2.24) is 19.5 Å². The fourth-order valence-electron chi connectivity index (χ4n) is 3.86. The van der Waals surface area contributed by atoms with Crippen molar-refractivity contribution in [1.29, 1.82) is 0 Å².